The van der Waals surface area contributed by atoms with E-state index in [-0.39, 0.29) is 5.69 Å². The van der Waals surface area contributed by atoms with Crippen molar-refractivity contribution in [1.82, 2.24) is 4.98 Å². The molecule has 0 N–H and O–H groups in total. The summed E-state index contributed by atoms with van der Waals surface area (Å²) in [7, 11) is 0. The summed E-state index contributed by atoms with van der Waals surface area (Å²) in [5, 5.41) is 22.7. The van der Waals surface area contributed by atoms with E-state index in [1.165, 1.54) is 23.5 Å². The molecule has 3 rings (SSSR count). The van der Waals surface area contributed by atoms with Gasteiger partial charge in [0.05, 0.1) is 16.2 Å². The molecular formula is C19H13N3O2S. The number of thiazole rings is 1. The number of nitro benzene ring substituents is 1. The highest BCUT2D eigenvalue weighted by molar-refractivity contribution is 7.11. The van der Waals surface area contributed by atoms with Gasteiger partial charge < -0.3 is 0 Å². The van der Waals surface area contributed by atoms with Gasteiger partial charge in [-0.05, 0) is 30.7 Å². The summed E-state index contributed by atoms with van der Waals surface area (Å²) in [5.74, 6) is 0. The number of hydrogen-bond donors (Lipinski definition) is 0. The van der Waals surface area contributed by atoms with Crippen molar-refractivity contribution in [3.05, 3.63) is 80.2 Å². The summed E-state index contributed by atoms with van der Waals surface area (Å²) in [6.07, 6.45) is 1.81. The fourth-order valence-electron chi connectivity index (χ4n) is 2.35. The Morgan fingerprint density at radius 2 is 2.04 bits per heavy atom. The average molecular weight is 347 g/mol. The molecule has 2 aromatic carbocycles. The van der Waals surface area contributed by atoms with Gasteiger partial charge >= 0.3 is 0 Å². The molecule has 0 radical (unpaired) electrons. The van der Waals surface area contributed by atoms with Crippen LogP contribution in [-0.4, -0.2) is 9.91 Å². The minimum Gasteiger partial charge on any atom is -0.258 e. The van der Waals surface area contributed by atoms with E-state index < -0.39 is 4.92 Å². The molecule has 0 atom stereocenters. The first kappa shape index (κ1) is 16.6. The molecule has 1 aromatic heterocycles. The average Bonchev–Trinajstić information content (AvgIpc) is 3.09. The third-order valence-corrected chi connectivity index (χ3v) is 4.46. The number of aromatic nitrogens is 1. The fraction of sp³-hybridized carbons (Fsp3) is 0.0526. The molecule has 25 heavy (non-hydrogen) atoms. The van der Waals surface area contributed by atoms with Crippen LogP contribution in [0.15, 0.2) is 53.9 Å². The number of aryl methyl sites for hydroxylation is 1. The molecule has 0 aliphatic rings. The summed E-state index contributed by atoms with van der Waals surface area (Å²) in [4.78, 5) is 14.8. The molecule has 0 saturated heterocycles. The maximum absolute atomic E-state index is 10.7. The number of nitrogens with zero attached hydrogens (tertiary/aromatic N) is 3. The Labute approximate surface area is 148 Å². The van der Waals surface area contributed by atoms with Crippen LogP contribution in [0.3, 0.4) is 0 Å². The summed E-state index contributed by atoms with van der Waals surface area (Å²) >= 11 is 1.38. The first-order valence-corrected chi connectivity index (χ1v) is 8.34. The van der Waals surface area contributed by atoms with Crippen LogP contribution >= 0.6 is 11.3 Å². The molecule has 0 bridgehead atoms. The highest BCUT2D eigenvalue weighted by Crippen LogP contribution is 2.28. The van der Waals surface area contributed by atoms with Crippen LogP contribution in [0.1, 0.15) is 16.1 Å². The van der Waals surface area contributed by atoms with Gasteiger partial charge in [0.15, 0.2) is 0 Å². The van der Waals surface area contributed by atoms with Gasteiger partial charge in [-0.1, -0.05) is 29.8 Å². The number of benzene rings is 2. The van der Waals surface area contributed by atoms with E-state index in [4.69, 9.17) is 0 Å². The Balaban J connectivity index is 1.91. The van der Waals surface area contributed by atoms with Crippen LogP contribution in [0.4, 0.5) is 5.69 Å². The zero-order valence-electron chi connectivity index (χ0n) is 13.3. The molecule has 3 aromatic rings. The van der Waals surface area contributed by atoms with Crippen molar-refractivity contribution in [1.29, 1.82) is 5.26 Å². The van der Waals surface area contributed by atoms with Gasteiger partial charge in [0.25, 0.3) is 5.69 Å². The summed E-state index contributed by atoms with van der Waals surface area (Å²) < 4.78 is 0. The van der Waals surface area contributed by atoms with Crippen LogP contribution in [0.2, 0.25) is 0 Å². The van der Waals surface area contributed by atoms with E-state index in [2.05, 4.69) is 11.1 Å². The van der Waals surface area contributed by atoms with Crippen molar-refractivity contribution < 1.29 is 4.92 Å². The van der Waals surface area contributed by atoms with Crippen LogP contribution < -0.4 is 0 Å². The molecule has 6 heteroatoms. The van der Waals surface area contributed by atoms with Crippen molar-refractivity contribution in [2.45, 2.75) is 6.92 Å². The Hall–Kier alpha value is -3.30. The zero-order valence-corrected chi connectivity index (χ0v) is 14.2. The van der Waals surface area contributed by atoms with Gasteiger partial charge in [-0.15, -0.1) is 11.3 Å². The molecule has 0 unspecified atom stereocenters. The standard InChI is InChI=1S/C19H13N3O2S/c1-13-3-2-4-14(9-13)10-16(11-20)19-21-18(12-25-19)15-5-7-17(8-6-15)22(23)24/h2-10,12H,1H3. The molecular weight excluding hydrogens is 334 g/mol. The molecule has 0 aliphatic heterocycles. The lowest BCUT2D eigenvalue weighted by atomic mass is 10.1. The van der Waals surface area contributed by atoms with Gasteiger partial charge in [-0.3, -0.25) is 10.1 Å². The lowest BCUT2D eigenvalue weighted by Crippen LogP contribution is -1.87. The van der Waals surface area contributed by atoms with E-state index in [9.17, 15) is 15.4 Å². The van der Waals surface area contributed by atoms with Crippen molar-refractivity contribution in [2.24, 2.45) is 0 Å². The minimum atomic E-state index is -0.436. The predicted octanol–water partition coefficient (Wildman–Crippen LogP) is 5.09. The van der Waals surface area contributed by atoms with Crippen molar-refractivity contribution in [2.75, 3.05) is 0 Å². The highest BCUT2D eigenvalue weighted by Gasteiger charge is 2.11. The summed E-state index contributed by atoms with van der Waals surface area (Å²) in [6, 6.07) is 16.3. The van der Waals surface area contributed by atoms with Gasteiger partial charge in [-0.2, -0.15) is 5.26 Å². The lowest BCUT2D eigenvalue weighted by Gasteiger charge is -1.98. The molecule has 5 nitrogen and oxygen atoms in total. The summed E-state index contributed by atoms with van der Waals surface area (Å²) in [6.45, 7) is 2.00. The predicted molar refractivity (Wildman–Crippen MR) is 98.9 cm³/mol. The SMILES string of the molecule is Cc1cccc(C=C(C#N)c2nc(-c3ccc([N+](=O)[O-])cc3)cs2)c1. The smallest absolute Gasteiger partial charge is 0.258 e. The third kappa shape index (κ3) is 3.79. The zero-order chi connectivity index (χ0) is 17.8. The number of non-ortho nitro benzene ring substituents is 1. The second-order valence-corrected chi connectivity index (χ2v) is 6.28. The molecule has 0 amide bonds. The Kier molecular flexibility index (Phi) is 4.68. The van der Waals surface area contributed by atoms with Crippen molar-refractivity contribution >= 4 is 28.7 Å². The number of rotatable bonds is 4. The highest BCUT2D eigenvalue weighted by atomic mass is 32.1. The number of nitriles is 1. The van der Waals surface area contributed by atoms with E-state index in [1.807, 2.05) is 42.6 Å². The van der Waals surface area contributed by atoms with Gasteiger partial charge in [0.1, 0.15) is 11.1 Å². The fourth-order valence-corrected chi connectivity index (χ4v) is 3.15. The molecule has 122 valence electrons. The Bertz CT molecular complexity index is 998. The molecule has 0 spiro atoms. The van der Waals surface area contributed by atoms with E-state index in [0.29, 0.717) is 16.3 Å². The second kappa shape index (κ2) is 7.07. The van der Waals surface area contributed by atoms with E-state index >= 15 is 0 Å². The van der Waals surface area contributed by atoms with Crippen molar-refractivity contribution in [3.8, 4) is 17.3 Å². The monoisotopic (exact) mass is 347 g/mol. The second-order valence-electron chi connectivity index (χ2n) is 5.43. The largest absolute Gasteiger partial charge is 0.269 e. The number of hydrogen-bond acceptors (Lipinski definition) is 5. The molecule has 0 fully saturated rings. The number of allylic oxidation sites excluding steroid dienone is 1. The number of nitro groups is 1. The van der Waals surface area contributed by atoms with E-state index in [0.717, 1.165) is 16.7 Å². The van der Waals surface area contributed by atoms with Crippen LogP contribution in [-0.2, 0) is 0 Å². The van der Waals surface area contributed by atoms with Gasteiger partial charge in [0.2, 0.25) is 0 Å². The molecule has 1 heterocycles. The quantitative estimate of drug-likeness (QED) is 0.374. The maximum Gasteiger partial charge on any atom is 0.269 e. The Morgan fingerprint density at radius 1 is 1.28 bits per heavy atom. The van der Waals surface area contributed by atoms with E-state index in [1.54, 1.807) is 12.1 Å². The maximum atomic E-state index is 10.7. The normalized spacial score (nSPS) is 11.1. The molecule has 0 aliphatic carbocycles. The molecule has 0 saturated carbocycles. The van der Waals surface area contributed by atoms with Crippen LogP contribution in [0.5, 0.6) is 0 Å². The first-order chi connectivity index (χ1) is 12.1. The topological polar surface area (TPSA) is 79.8 Å². The lowest BCUT2D eigenvalue weighted by molar-refractivity contribution is -0.384. The van der Waals surface area contributed by atoms with Crippen LogP contribution in [0.25, 0.3) is 22.9 Å². The Morgan fingerprint density at radius 3 is 2.68 bits per heavy atom. The first-order valence-electron chi connectivity index (χ1n) is 7.46. The van der Waals surface area contributed by atoms with Gasteiger partial charge in [0, 0.05) is 23.1 Å². The van der Waals surface area contributed by atoms with Crippen LogP contribution in [0, 0.1) is 28.4 Å². The van der Waals surface area contributed by atoms with Crippen molar-refractivity contribution in [3.63, 3.8) is 0 Å². The summed E-state index contributed by atoms with van der Waals surface area (Å²) in [5.41, 5.74) is 4.07. The van der Waals surface area contributed by atoms with Gasteiger partial charge in [-0.25, -0.2) is 4.98 Å². The minimum absolute atomic E-state index is 0.0382. The third-order valence-electron chi connectivity index (χ3n) is 3.58.